The SMILES string of the molecule is CC(=O)NCCc1ccc(C(=O)[C@H](C)Sc2nc(-c3ccccc3)cs2)cc1. The summed E-state index contributed by atoms with van der Waals surface area (Å²) in [5.41, 5.74) is 3.82. The summed E-state index contributed by atoms with van der Waals surface area (Å²) in [6, 6.07) is 17.7. The van der Waals surface area contributed by atoms with Gasteiger partial charge in [-0.2, -0.15) is 0 Å². The van der Waals surface area contributed by atoms with Crippen molar-refractivity contribution in [2.75, 3.05) is 6.54 Å². The Bertz CT molecular complexity index is 937. The lowest BCUT2D eigenvalue weighted by Gasteiger charge is -2.09. The van der Waals surface area contributed by atoms with Crippen molar-refractivity contribution in [3.8, 4) is 11.3 Å². The number of aromatic nitrogens is 1. The first kappa shape index (κ1) is 20.3. The first-order valence-corrected chi connectivity index (χ1v) is 10.8. The minimum absolute atomic E-state index is 0.0322. The van der Waals surface area contributed by atoms with Gasteiger partial charge in [0.25, 0.3) is 0 Å². The molecule has 0 spiro atoms. The molecule has 0 aliphatic rings. The van der Waals surface area contributed by atoms with Gasteiger partial charge in [0, 0.05) is 30.0 Å². The Morgan fingerprint density at radius 3 is 2.50 bits per heavy atom. The van der Waals surface area contributed by atoms with Crippen molar-refractivity contribution < 1.29 is 9.59 Å². The van der Waals surface area contributed by atoms with Gasteiger partial charge in [0.1, 0.15) is 0 Å². The first-order chi connectivity index (χ1) is 13.5. The van der Waals surface area contributed by atoms with Gasteiger partial charge in [0.2, 0.25) is 5.91 Å². The zero-order chi connectivity index (χ0) is 19.9. The summed E-state index contributed by atoms with van der Waals surface area (Å²) in [6.07, 6.45) is 0.750. The normalized spacial score (nSPS) is 11.8. The van der Waals surface area contributed by atoms with Gasteiger partial charge < -0.3 is 5.32 Å². The minimum Gasteiger partial charge on any atom is -0.356 e. The second kappa shape index (κ2) is 9.66. The molecular formula is C22H22N2O2S2. The third-order valence-electron chi connectivity index (χ3n) is 4.23. The van der Waals surface area contributed by atoms with Gasteiger partial charge >= 0.3 is 0 Å². The molecule has 6 heteroatoms. The van der Waals surface area contributed by atoms with Crippen molar-refractivity contribution in [1.29, 1.82) is 0 Å². The highest BCUT2D eigenvalue weighted by Gasteiger charge is 2.18. The van der Waals surface area contributed by atoms with E-state index in [0.717, 1.165) is 27.6 Å². The smallest absolute Gasteiger partial charge is 0.216 e. The lowest BCUT2D eigenvalue weighted by molar-refractivity contribution is -0.118. The quantitative estimate of drug-likeness (QED) is 0.426. The van der Waals surface area contributed by atoms with Crippen molar-refractivity contribution in [3.05, 3.63) is 71.1 Å². The molecule has 3 rings (SSSR count). The average Bonchev–Trinajstić information content (AvgIpc) is 3.17. The maximum absolute atomic E-state index is 12.7. The summed E-state index contributed by atoms with van der Waals surface area (Å²) in [4.78, 5) is 28.3. The van der Waals surface area contributed by atoms with Crippen LogP contribution >= 0.6 is 23.1 Å². The van der Waals surface area contributed by atoms with E-state index in [4.69, 9.17) is 0 Å². The molecule has 0 aliphatic heterocycles. The number of hydrogen-bond donors (Lipinski definition) is 1. The molecule has 1 N–H and O–H groups in total. The molecular weight excluding hydrogens is 388 g/mol. The number of rotatable bonds is 8. The Kier molecular flexibility index (Phi) is 7.01. The van der Waals surface area contributed by atoms with Gasteiger partial charge in [0.05, 0.1) is 10.9 Å². The highest BCUT2D eigenvalue weighted by Crippen LogP contribution is 2.31. The van der Waals surface area contributed by atoms with E-state index in [0.29, 0.717) is 12.1 Å². The third kappa shape index (κ3) is 5.53. The number of ketones is 1. The molecule has 0 unspecified atom stereocenters. The molecule has 1 amide bonds. The van der Waals surface area contributed by atoms with Crippen LogP contribution in [-0.2, 0) is 11.2 Å². The number of thiazole rings is 1. The number of amides is 1. The van der Waals surface area contributed by atoms with Crippen molar-refractivity contribution in [3.63, 3.8) is 0 Å². The fourth-order valence-electron chi connectivity index (χ4n) is 2.71. The highest BCUT2D eigenvalue weighted by molar-refractivity contribution is 8.02. The van der Waals surface area contributed by atoms with Gasteiger partial charge in [-0.25, -0.2) is 4.98 Å². The monoisotopic (exact) mass is 410 g/mol. The number of carbonyl (C=O) groups excluding carboxylic acids is 2. The molecule has 0 saturated heterocycles. The number of thioether (sulfide) groups is 1. The Balaban J connectivity index is 1.58. The predicted molar refractivity (Wildman–Crippen MR) is 116 cm³/mol. The molecule has 0 fully saturated rings. The van der Waals surface area contributed by atoms with Gasteiger partial charge in [-0.15, -0.1) is 11.3 Å². The van der Waals surface area contributed by atoms with Crippen LogP contribution < -0.4 is 5.32 Å². The Labute approximate surface area is 173 Å². The summed E-state index contributed by atoms with van der Waals surface area (Å²) in [7, 11) is 0. The van der Waals surface area contributed by atoms with E-state index >= 15 is 0 Å². The number of carbonyl (C=O) groups is 2. The summed E-state index contributed by atoms with van der Waals surface area (Å²) < 4.78 is 0.895. The zero-order valence-electron chi connectivity index (χ0n) is 15.8. The van der Waals surface area contributed by atoms with E-state index in [1.54, 1.807) is 11.3 Å². The summed E-state index contributed by atoms with van der Waals surface area (Å²) >= 11 is 3.06. The second-order valence-electron chi connectivity index (χ2n) is 6.42. The fraction of sp³-hybridized carbons (Fsp3) is 0.227. The van der Waals surface area contributed by atoms with E-state index in [1.165, 1.54) is 18.7 Å². The van der Waals surface area contributed by atoms with Gasteiger partial charge in [-0.3, -0.25) is 9.59 Å². The number of hydrogen-bond acceptors (Lipinski definition) is 5. The van der Waals surface area contributed by atoms with Crippen molar-refractivity contribution in [2.24, 2.45) is 0 Å². The van der Waals surface area contributed by atoms with E-state index in [9.17, 15) is 9.59 Å². The van der Waals surface area contributed by atoms with Crippen LogP contribution in [0.4, 0.5) is 0 Å². The first-order valence-electron chi connectivity index (χ1n) is 9.08. The molecule has 28 heavy (non-hydrogen) atoms. The molecule has 144 valence electrons. The summed E-state index contributed by atoms with van der Waals surface area (Å²) in [6.45, 7) is 4.02. The van der Waals surface area contributed by atoms with Crippen LogP contribution in [-0.4, -0.2) is 28.5 Å². The topological polar surface area (TPSA) is 59.1 Å². The maximum Gasteiger partial charge on any atom is 0.216 e. The van der Waals surface area contributed by atoms with E-state index in [2.05, 4.69) is 10.3 Å². The average molecular weight is 411 g/mol. The van der Waals surface area contributed by atoms with Gasteiger partial charge in [0.15, 0.2) is 10.1 Å². The van der Waals surface area contributed by atoms with E-state index in [-0.39, 0.29) is 16.9 Å². The number of nitrogens with zero attached hydrogens (tertiary/aromatic N) is 1. The largest absolute Gasteiger partial charge is 0.356 e. The molecule has 1 atom stereocenters. The molecule has 0 bridgehead atoms. The minimum atomic E-state index is -0.208. The zero-order valence-corrected chi connectivity index (χ0v) is 17.5. The van der Waals surface area contributed by atoms with Crippen molar-refractivity contribution >= 4 is 34.8 Å². The lowest BCUT2D eigenvalue weighted by atomic mass is 10.0. The fourth-order valence-corrected chi connectivity index (χ4v) is 4.76. The van der Waals surface area contributed by atoms with Crippen molar-refractivity contribution in [1.82, 2.24) is 10.3 Å². The summed E-state index contributed by atoms with van der Waals surface area (Å²) in [5, 5.41) is 4.59. The van der Waals surface area contributed by atoms with Crippen molar-refractivity contribution in [2.45, 2.75) is 29.9 Å². The van der Waals surface area contributed by atoms with Crippen LogP contribution in [0.15, 0.2) is 64.3 Å². The number of Topliss-reactive ketones (excluding diaryl/α,β-unsaturated/α-hetero) is 1. The Morgan fingerprint density at radius 2 is 1.82 bits per heavy atom. The molecule has 3 aromatic rings. The highest BCUT2D eigenvalue weighted by atomic mass is 32.2. The maximum atomic E-state index is 12.7. The third-order valence-corrected chi connectivity index (χ3v) is 6.30. The van der Waals surface area contributed by atoms with Gasteiger partial charge in [-0.05, 0) is 18.9 Å². The van der Waals surface area contributed by atoms with Gasteiger partial charge in [-0.1, -0.05) is 66.4 Å². The molecule has 0 radical (unpaired) electrons. The molecule has 4 nitrogen and oxygen atoms in total. The van der Waals surface area contributed by atoms with Crippen LogP contribution in [0.1, 0.15) is 29.8 Å². The van der Waals surface area contributed by atoms with Crippen LogP contribution in [0.5, 0.6) is 0 Å². The number of benzene rings is 2. The summed E-state index contributed by atoms with van der Waals surface area (Å²) in [5.74, 6) is 0.0603. The molecule has 1 heterocycles. The van der Waals surface area contributed by atoms with Crippen LogP contribution in [0.3, 0.4) is 0 Å². The molecule has 2 aromatic carbocycles. The van der Waals surface area contributed by atoms with Crippen LogP contribution in [0.2, 0.25) is 0 Å². The molecule has 1 aromatic heterocycles. The molecule has 0 aliphatic carbocycles. The van der Waals surface area contributed by atoms with Crippen LogP contribution in [0.25, 0.3) is 11.3 Å². The number of nitrogens with one attached hydrogen (secondary N) is 1. The standard InChI is InChI=1S/C22H22N2O2S2/c1-15(28-22-24-20(14-27-22)18-6-4-3-5-7-18)21(26)19-10-8-17(9-11-19)12-13-23-16(2)25/h3-11,14-15H,12-13H2,1-2H3,(H,23,25)/t15-/m0/s1. The Hall–Kier alpha value is -2.44. The van der Waals surface area contributed by atoms with E-state index < -0.39 is 0 Å². The van der Waals surface area contributed by atoms with E-state index in [1.807, 2.05) is 66.9 Å². The Morgan fingerprint density at radius 1 is 1.11 bits per heavy atom. The second-order valence-corrected chi connectivity index (χ2v) is 8.86. The predicted octanol–water partition coefficient (Wildman–Crippen LogP) is 4.85. The molecule has 0 saturated carbocycles. The lowest BCUT2D eigenvalue weighted by Crippen LogP contribution is -2.22. The van der Waals surface area contributed by atoms with Crippen LogP contribution in [0, 0.1) is 0 Å².